The van der Waals surface area contributed by atoms with E-state index in [0.29, 0.717) is 11.3 Å². The van der Waals surface area contributed by atoms with Crippen molar-refractivity contribution >= 4 is 5.97 Å². The van der Waals surface area contributed by atoms with Gasteiger partial charge in [0.1, 0.15) is 6.04 Å². The van der Waals surface area contributed by atoms with Crippen molar-refractivity contribution in [3.05, 3.63) is 0 Å². The number of aliphatic carboxylic acids is 1. The van der Waals surface area contributed by atoms with Crippen molar-refractivity contribution in [1.29, 1.82) is 0 Å². The van der Waals surface area contributed by atoms with Gasteiger partial charge in [0.15, 0.2) is 0 Å². The lowest BCUT2D eigenvalue weighted by molar-refractivity contribution is -0.141. The summed E-state index contributed by atoms with van der Waals surface area (Å²) in [6, 6.07) is -0.355. The van der Waals surface area contributed by atoms with E-state index in [2.05, 4.69) is 19.2 Å². The van der Waals surface area contributed by atoms with Crippen LogP contribution in [0.1, 0.15) is 39.5 Å². The van der Waals surface area contributed by atoms with E-state index in [1.807, 2.05) is 0 Å². The van der Waals surface area contributed by atoms with Crippen LogP contribution >= 0.6 is 0 Å². The van der Waals surface area contributed by atoms with Gasteiger partial charge in [0, 0.05) is 0 Å². The summed E-state index contributed by atoms with van der Waals surface area (Å²) < 4.78 is 0. The Hall–Kier alpha value is -0.570. The molecular weight excluding hydrogens is 178 g/mol. The Morgan fingerprint density at radius 3 is 2.29 bits per heavy atom. The standard InChI is InChI=1S/C11H21NO2/c1-11(2)6-4-8(5-7-11)9(12-3)10(13)14/h8-9,12H,4-7H2,1-3H3,(H,13,14). The summed E-state index contributed by atoms with van der Waals surface area (Å²) in [6.07, 6.45) is 4.35. The van der Waals surface area contributed by atoms with Crippen molar-refractivity contribution < 1.29 is 9.90 Å². The first-order chi connectivity index (χ1) is 6.46. The van der Waals surface area contributed by atoms with Crippen molar-refractivity contribution in [2.24, 2.45) is 11.3 Å². The molecule has 1 aliphatic rings. The summed E-state index contributed by atoms with van der Waals surface area (Å²) in [6.45, 7) is 4.52. The SMILES string of the molecule is CNC(C(=O)O)C1CCC(C)(C)CC1. The third-order valence-corrected chi connectivity index (χ3v) is 3.43. The fourth-order valence-electron chi connectivity index (χ4n) is 2.32. The fraction of sp³-hybridized carbons (Fsp3) is 0.909. The highest BCUT2D eigenvalue weighted by Crippen LogP contribution is 2.39. The van der Waals surface area contributed by atoms with Crippen LogP contribution in [0.25, 0.3) is 0 Å². The zero-order valence-corrected chi connectivity index (χ0v) is 9.34. The zero-order valence-electron chi connectivity index (χ0n) is 9.34. The van der Waals surface area contributed by atoms with Gasteiger partial charge >= 0.3 is 5.97 Å². The highest BCUT2D eigenvalue weighted by atomic mass is 16.4. The van der Waals surface area contributed by atoms with Crippen LogP contribution in [-0.2, 0) is 4.79 Å². The van der Waals surface area contributed by atoms with Gasteiger partial charge in [0.05, 0.1) is 0 Å². The number of carboxylic acid groups (broad SMARTS) is 1. The second-order valence-corrected chi connectivity index (χ2v) is 5.11. The van der Waals surface area contributed by atoms with Gasteiger partial charge in [0.25, 0.3) is 0 Å². The molecule has 0 radical (unpaired) electrons. The van der Waals surface area contributed by atoms with Gasteiger partial charge in [0.2, 0.25) is 0 Å². The first kappa shape index (κ1) is 11.5. The molecule has 82 valence electrons. The second kappa shape index (κ2) is 4.30. The van der Waals surface area contributed by atoms with Crippen LogP contribution < -0.4 is 5.32 Å². The fourth-order valence-corrected chi connectivity index (χ4v) is 2.32. The first-order valence-corrected chi connectivity index (χ1v) is 5.36. The summed E-state index contributed by atoms with van der Waals surface area (Å²) in [7, 11) is 1.73. The van der Waals surface area contributed by atoms with Gasteiger partial charge in [-0.2, -0.15) is 0 Å². The summed E-state index contributed by atoms with van der Waals surface area (Å²) in [4.78, 5) is 10.9. The molecule has 0 aliphatic heterocycles. The third-order valence-electron chi connectivity index (χ3n) is 3.43. The molecule has 14 heavy (non-hydrogen) atoms. The van der Waals surface area contributed by atoms with Crippen LogP contribution in [0.3, 0.4) is 0 Å². The van der Waals surface area contributed by atoms with E-state index in [-0.39, 0.29) is 6.04 Å². The molecule has 0 aromatic carbocycles. The Bertz CT molecular complexity index is 203. The van der Waals surface area contributed by atoms with E-state index >= 15 is 0 Å². The molecule has 2 N–H and O–H groups in total. The molecule has 0 aromatic rings. The molecule has 0 saturated heterocycles. The van der Waals surface area contributed by atoms with Crippen molar-refractivity contribution in [2.45, 2.75) is 45.6 Å². The number of hydrogen-bond donors (Lipinski definition) is 2. The molecule has 0 spiro atoms. The highest BCUT2D eigenvalue weighted by Gasteiger charge is 2.33. The quantitative estimate of drug-likeness (QED) is 0.729. The monoisotopic (exact) mass is 199 g/mol. The Kier molecular flexibility index (Phi) is 3.53. The van der Waals surface area contributed by atoms with Gasteiger partial charge in [-0.05, 0) is 44.1 Å². The zero-order chi connectivity index (χ0) is 10.8. The van der Waals surface area contributed by atoms with Crippen molar-refractivity contribution in [3.8, 4) is 0 Å². The Morgan fingerprint density at radius 2 is 1.93 bits per heavy atom. The van der Waals surface area contributed by atoms with Crippen molar-refractivity contribution in [3.63, 3.8) is 0 Å². The number of carboxylic acids is 1. The predicted octanol–water partition coefficient (Wildman–Crippen LogP) is 1.88. The second-order valence-electron chi connectivity index (χ2n) is 5.11. The number of carbonyl (C=O) groups is 1. The van der Waals surface area contributed by atoms with Gasteiger partial charge in [-0.3, -0.25) is 4.79 Å². The van der Waals surface area contributed by atoms with Crippen LogP contribution in [0, 0.1) is 11.3 Å². The lowest BCUT2D eigenvalue weighted by Gasteiger charge is -2.36. The van der Waals surface area contributed by atoms with E-state index in [4.69, 9.17) is 5.11 Å². The maximum Gasteiger partial charge on any atom is 0.320 e. The summed E-state index contributed by atoms with van der Waals surface area (Å²) in [5, 5.41) is 11.9. The largest absolute Gasteiger partial charge is 0.480 e. The minimum atomic E-state index is -0.711. The Balaban J connectivity index is 2.51. The van der Waals surface area contributed by atoms with Crippen LogP contribution in [0.4, 0.5) is 0 Å². The Labute approximate surface area is 85.9 Å². The van der Waals surface area contributed by atoms with E-state index in [1.165, 1.54) is 0 Å². The molecule has 1 saturated carbocycles. The van der Waals surface area contributed by atoms with Crippen molar-refractivity contribution in [1.82, 2.24) is 5.32 Å². The number of hydrogen-bond acceptors (Lipinski definition) is 2. The number of likely N-dealkylation sites (N-methyl/N-ethyl adjacent to an activating group) is 1. The molecule has 3 nitrogen and oxygen atoms in total. The molecule has 1 aliphatic carbocycles. The van der Waals surface area contributed by atoms with Crippen molar-refractivity contribution in [2.75, 3.05) is 7.05 Å². The van der Waals surface area contributed by atoms with E-state index < -0.39 is 5.97 Å². The molecular formula is C11H21NO2. The summed E-state index contributed by atoms with van der Waals surface area (Å²) in [5.41, 5.74) is 0.410. The molecule has 1 fully saturated rings. The molecule has 0 amide bonds. The van der Waals surface area contributed by atoms with E-state index in [1.54, 1.807) is 7.05 Å². The van der Waals surface area contributed by atoms with E-state index in [0.717, 1.165) is 25.7 Å². The predicted molar refractivity (Wildman–Crippen MR) is 56.2 cm³/mol. The van der Waals surface area contributed by atoms with E-state index in [9.17, 15) is 4.79 Å². The van der Waals surface area contributed by atoms with Crippen LogP contribution in [0.2, 0.25) is 0 Å². The lowest BCUT2D eigenvalue weighted by atomic mass is 9.71. The van der Waals surface area contributed by atoms with Gasteiger partial charge < -0.3 is 10.4 Å². The molecule has 0 heterocycles. The lowest BCUT2D eigenvalue weighted by Crippen LogP contribution is -2.43. The molecule has 3 heteroatoms. The summed E-state index contributed by atoms with van der Waals surface area (Å²) >= 11 is 0. The number of rotatable bonds is 3. The highest BCUT2D eigenvalue weighted by molar-refractivity contribution is 5.73. The van der Waals surface area contributed by atoms with Gasteiger partial charge in [-0.15, -0.1) is 0 Å². The minimum absolute atomic E-state index is 0.311. The summed E-state index contributed by atoms with van der Waals surface area (Å²) in [5.74, 6) is -0.400. The van der Waals surface area contributed by atoms with Crippen LogP contribution in [0.5, 0.6) is 0 Å². The molecule has 1 atom stereocenters. The molecule has 1 unspecified atom stereocenters. The third kappa shape index (κ3) is 2.71. The molecule has 0 aromatic heterocycles. The molecule has 1 rings (SSSR count). The number of nitrogens with one attached hydrogen (secondary N) is 1. The normalized spacial score (nSPS) is 24.5. The Morgan fingerprint density at radius 1 is 1.43 bits per heavy atom. The van der Waals surface area contributed by atoms with Crippen LogP contribution in [-0.4, -0.2) is 24.2 Å². The smallest absolute Gasteiger partial charge is 0.320 e. The minimum Gasteiger partial charge on any atom is -0.480 e. The maximum atomic E-state index is 10.9. The van der Waals surface area contributed by atoms with Crippen LogP contribution in [0.15, 0.2) is 0 Å². The van der Waals surface area contributed by atoms with Gasteiger partial charge in [-0.25, -0.2) is 0 Å². The molecule has 0 bridgehead atoms. The van der Waals surface area contributed by atoms with Gasteiger partial charge in [-0.1, -0.05) is 13.8 Å². The first-order valence-electron chi connectivity index (χ1n) is 5.36. The average molecular weight is 199 g/mol. The average Bonchev–Trinajstić information content (AvgIpc) is 2.08. The topological polar surface area (TPSA) is 49.3 Å². The maximum absolute atomic E-state index is 10.9.